The number of hydrogen-bond donors (Lipinski definition) is 2. The Hall–Kier alpha value is -4.69. The fourth-order valence-corrected chi connectivity index (χ4v) is 5.21. The number of halogens is 1. The van der Waals surface area contributed by atoms with Gasteiger partial charge in [-0.3, -0.25) is 9.59 Å². The van der Waals surface area contributed by atoms with Gasteiger partial charge in [0.2, 0.25) is 0 Å². The van der Waals surface area contributed by atoms with E-state index in [1.165, 1.54) is 0 Å². The van der Waals surface area contributed by atoms with Crippen molar-refractivity contribution in [3.8, 4) is 11.5 Å². The van der Waals surface area contributed by atoms with Gasteiger partial charge < -0.3 is 29.9 Å². The Morgan fingerprint density at radius 2 is 1.49 bits per heavy atom. The van der Waals surface area contributed by atoms with Crippen molar-refractivity contribution in [2.45, 2.75) is 6.42 Å². The summed E-state index contributed by atoms with van der Waals surface area (Å²) in [7, 11) is 1.68. The second kappa shape index (κ2) is 14.5. The van der Waals surface area contributed by atoms with Crippen LogP contribution in [0.15, 0.2) is 97.1 Å². The monoisotopic (exact) mass is 598 g/mol. The first-order valence-corrected chi connectivity index (χ1v) is 14.7. The molecule has 0 aromatic heterocycles. The van der Waals surface area contributed by atoms with E-state index in [0.29, 0.717) is 28.6 Å². The third-order valence-electron chi connectivity index (χ3n) is 7.30. The van der Waals surface area contributed by atoms with Gasteiger partial charge in [-0.05, 0) is 66.6 Å². The highest BCUT2D eigenvalue weighted by atomic mass is 35.5. The molecule has 2 amide bonds. The lowest BCUT2D eigenvalue weighted by Gasteiger charge is -2.38. The fourth-order valence-electron chi connectivity index (χ4n) is 5.09. The second-order valence-corrected chi connectivity index (χ2v) is 10.6. The number of carbonyl (C=O) groups excluding carboxylic acids is 2. The van der Waals surface area contributed by atoms with Gasteiger partial charge in [-0.1, -0.05) is 54.1 Å². The maximum Gasteiger partial charge on any atom is 0.262 e. The van der Waals surface area contributed by atoms with Gasteiger partial charge in [0.1, 0.15) is 11.5 Å². The van der Waals surface area contributed by atoms with Crippen molar-refractivity contribution in [1.82, 2.24) is 5.32 Å². The fraction of sp³-hybridized carbons (Fsp3) is 0.235. The van der Waals surface area contributed by atoms with E-state index in [9.17, 15) is 9.59 Å². The zero-order chi connectivity index (χ0) is 30.0. The molecule has 4 aromatic rings. The molecule has 1 heterocycles. The lowest BCUT2D eigenvalue weighted by molar-refractivity contribution is -0.118. The van der Waals surface area contributed by atoms with Crippen LogP contribution in [-0.2, 0) is 11.2 Å². The minimum atomic E-state index is -0.330. The first kappa shape index (κ1) is 29.8. The Balaban J connectivity index is 1.28. The molecule has 2 N–H and O–H groups in total. The predicted octanol–water partition coefficient (Wildman–Crippen LogP) is 5.67. The molecule has 0 atom stereocenters. The summed E-state index contributed by atoms with van der Waals surface area (Å²) >= 11 is 5.92. The number of nitrogens with one attached hydrogen (secondary N) is 2. The third kappa shape index (κ3) is 7.99. The van der Waals surface area contributed by atoms with Gasteiger partial charge in [0.25, 0.3) is 11.8 Å². The number of piperazine rings is 1. The van der Waals surface area contributed by atoms with Crippen LogP contribution in [0.3, 0.4) is 0 Å². The Bertz CT molecular complexity index is 1520. The lowest BCUT2D eigenvalue weighted by atomic mass is 10.1. The molecule has 1 aliphatic rings. The first-order valence-electron chi connectivity index (χ1n) is 14.3. The van der Waals surface area contributed by atoms with Crippen LogP contribution >= 0.6 is 11.6 Å². The topological polar surface area (TPSA) is 83.1 Å². The molecule has 0 saturated carbocycles. The summed E-state index contributed by atoms with van der Waals surface area (Å²) in [6.45, 7) is 3.32. The maximum absolute atomic E-state index is 13.5. The summed E-state index contributed by atoms with van der Waals surface area (Å²) < 4.78 is 11.1. The summed E-state index contributed by atoms with van der Waals surface area (Å²) in [6.07, 6.45) is 0.720. The van der Waals surface area contributed by atoms with E-state index < -0.39 is 0 Å². The normalized spacial score (nSPS) is 12.9. The largest absolute Gasteiger partial charge is 0.495 e. The number of nitrogens with zero attached hydrogens (tertiary/aromatic N) is 2. The molecule has 4 aromatic carbocycles. The quantitative estimate of drug-likeness (QED) is 0.232. The SMILES string of the molecule is COc1ccccc1N1CCN(c2ccc(NC(=O)COc3ccc(Cl)cc3)cc2C(=O)NCCc2ccccc2)CC1. The van der Waals surface area contributed by atoms with Crippen LogP contribution in [-0.4, -0.2) is 58.3 Å². The summed E-state index contributed by atoms with van der Waals surface area (Å²) in [5, 5.41) is 6.52. The van der Waals surface area contributed by atoms with Crippen molar-refractivity contribution >= 4 is 40.5 Å². The Morgan fingerprint density at radius 1 is 0.814 bits per heavy atom. The van der Waals surface area contributed by atoms with Crippen molar-refractivity contribution in [3.63, 3.8) is 0 Å². The van der Waals surface area contributed by atoms with Crippen molar-refractivity contribution in [2.24, 2.45) is 0 Å². The van der Waals surface area contributed by atoms with Crippen LogP contribution in [0.2, 0.25) is 5.02 Å². The molecule has 0 spiro atoms. The van der Waals surface area contributed by atoms with Crippen LogP contribution in [0.1, 0.15) is 15.9 Å². The highest BCUT2D eigenvalue weighted by Crippen LogP contribution is 2.31. The zero-order valence-electron chi connectivity index (χ0n) is 24.1. The van der Waals surface area contributed by atoms with Crippen LogP contribution in [0, 0.1) is 0 Å². The number of ether oxygens (including phenoxy) is 2. The summed E-state index contributed by atoms with van der Waals surface area (Å²) in [5.41, 5.74) is 4.07. The molecule has 222 valence electrons. The molecule has 1 aliphatic heterocycles. The van der Waals surface area contributed by atoms with Gasteiger partial charge in [-0.2, -0.15) is 0 Å². The van der Waals surface area contributed by atoms with E-state index >= 15 is 0 Å². The van der Waals surface area contributed by atoms with Crippen molar-refractivity contribution in [1.29, 1.82) is 0 Å². The highest BCUT2D eigenvalue weighted by molar-refractivity contribution is 6.30. The number of carbonyl (C=O) groups is 2. The van der Waals surface area contributed by atoms with Crippen LogP contribution < -0.4 is 29.9 Å². The maximum atomic E-state index is 13.5. The Morgan fingerprint density at radius 3 is 2.21 bits per heavy atom. The number of anilines is 3. The molecule has 8 nitrogen and oxygen atoms in total. The average molecular weight is 599 g/mol. The standard InChI is InChI=1S/C34H35ClN4O4/c1-42-32-10-6-5-9-31(32)39-21-19-38(20-22-39)30-16-13-27(37-33(40)24-43-28-14-11-26(35)12-15-28)23-29(30)34(41)36-18-17-25-7-3-2-4-8-25/h2-16,23H,17-22,24H2,1H3,(H,36,41)(H,37,40). The lowest BCUT2D eigenvalue weighted by Crippen LogP contribution is -2.47. The number of para-hydroxylation sites is 2. The smallest absolute Gasteiger partial charge is 0.262 e. The second-order valence-electron chi connectivity index (χ2n) is 10.2. The first-order chi connectivity index (χ1) is 21.0. The molecule has 5 rings (SSSR count). The molecular weight excluding hydrogens is 564 g/mol. The number of benzene rings is 4. The van der Waals surface area contributed by atoms with Gasteiger partial charge in [0, 0.05) is 49.1 Å². The number of rotatable bonds is 11. The molecule has 0 unspecified atom stereocenters. The molecule has 0 radical (unpaired) electrons. The van der Waals surface area contributed by atoms with E-state index in [0.717, 1.165) is 55.3 Å². The summed E-state index contributed by atoms with van der Waals surface area (Å²) in [4.78, 5) is 30.7. The number of amides is 2. The molecule has 43 heavy (non-hydrogen) atoms. The van der Waals surface area contributed by atoms with E-state index in [2.05, 4.69) is 26.5 Å². The van der Waals surface area contributed by atoms with Crippen molar-refractivity contribution < 1.29 is 19.1 Å². The van der Waals surface area contributed by atoms with Crippen LogP contribution in [0.25, 0.3) is 0 Å². The van der Waals surface area contributed by atoms with Gasteiger partial charge in [0.05, 0.1) is 18.4 Å². The molecule has 0 aliphatic carbocycles. The van der Waals surface area contributed by atoms with E-state index in [1.54, 1.807) is 37.4 Å². The molecule has 0 bridgehead atoms. The number of methoxy groups -OCH3 is 1. The minimum Gasteiger partial charge on any atom is -0.495 e. The number of hydrogen-bond acceptors (Lipinski definition) is 6. The van der Waals surface area contributed by atoms with Gasteiger partial charge >= 0.3 is 0 Å². The zero-order valence-corrected chi connectivity index (χ0v) is 24.8. The predicted molar refractivity (Wildman–Crippen MR) is 172 cm³/mol. The van der Waals surface area contributed by atoms with Gasteiger partial charge in [-0.15, -0.1) is 0 Å². The summed E-state index contributed by atoms with van der Waals surface area (Å²) in [5.74, 6) is 0.866. The third-order valence-corrected chi connectivity index (χ3v) is 7.55. The van der Waals surface area contributed by atoms with Crippen LogP contribution in [0.5, 0.6) is 11.5 Å². The van der Waals surface area contributed by atoms with Crippen molar-refractivity contribution in [3.05, 3.63) is 113 Å². The summed E-state index contributed by atoms with van der Waals surface area (Å²) in [6, 6.07) is 30.3. The molecular formula is C34H35ClN4O4. The van der Waals surface area contributed by atoms with Gasteiger partial charge in [-0.25, -0.2) is 0 Å². The van der Waals surface area contributed by atoms with E-state index in [-0.39, 0.29) is 18.4 Å². The Labute approximate surface area is 257 Å². The van der Waals surface area contributed by atoms with Crippen LogP contribution in [0.4, 0.5) is 17.1 Å². The average Bonchev–Trinajstić information content (AvgIpc) is 3.05. The van der Waals surface area contributed by atoms with E-state index in [1.807, 2.05) is 60.7 Å². The minimum absolute atomic E-state index is 0.174. The molecule has 9 heteroatoms. The van der Waals surface area contributed by atoms with Gasteiger partial charge in [0.15, 0.2) is 6.61 Å². The van der Waals surface area contributed by atoms with Crippen molar-refractivity contribution in [2.75, 3.05) is 61.6 Å². The molecule has 1 saturated heterocycles. The molecule has 1 fully saturated rings. The highest BCUT2D eigenvalue weighted by Gasteiger charge is 2.24. The Kier molecular flexibility index (Phi) is 10.0. The van der Waals surface area contributed by atoms with E-state index in [4.69, 9.17) is 21.1 Å².